The van der Waals surface area contributed by atoms with Crippen molar-refractivity contribution in [3.63, 3.8) is 0 Å². The lowest BCUT2D eigenvalue weighted by molar-refractivity contribution is 0.144. The minimum absolute atomic E-state index is 0.271. The van der Waals surface area contributed by atoms with Gasteiger partial charge in [0.15, 0.2) is 11.1 Å². The first-order chi connectivity index (χ1) is 6.70. The van der Waals surface area contributed by atoms with Crippen LogP contribution in [-0.4, -0.2) is 25.1 Å². The molecule has 6 heteroatoms. The summed E-state index contributed by atoms with van der Waals surface area (Å²) in [5.41, 5.74) is 0.271. The minimum atomic E-state index is -2.00. The summed E-state index contributed by atoms with van der Waals surface area (Å²) >= 11 is -2.00. The van der Waals surface area contributed by atoms with Gasteiger partial charge in [-0.2, -0.15) is 5.10 Å². The number of ether oxygens (including phenoxy) is 1. The Balaban J connectivity index is 2.00. The molecule has 0 radical (unpaired) electrons. The van der Waals surface area contributed by atoms with Crippen molar-refractivity contribution in [3.05, 3.63) is 6.20 Å². The van der Waals surface area contributed by atoms with E-state index in [1.807, 2.05) is 0 Å². The molecule has 1 unspecified atom stereocenters. The lowest BCUT2D eigenvalue weighted by Gasteiger charge is -2.23. The summed E-state index contributed by atoms with van der Waals surface area (Å²) < 4.78 is 27.0. The van der Waals surface area contributed by atoms with Gasteiger partial charge in [-0.15, -0.1) is 0 Å². The molecule has 76 valence electrons. The van der Waals surface area contributed by atoms with Crippen molar-refractivity contribution in [2.24, 2.45) is 5.41 Å². The summed E-state index contributed by atoms with van der Waals surface area (Å²) in [7, 11) is 0. The fourth-order valence-corrected chi connectivity index (χ4v) is 2.25. The lowest BCUT2D eigenvalue weighted by Crippen LogP contribution is -2.27. The molecule has 1 aromatic rings. The van der Waals surface area contributed by atoms with Crippen LogP contribution in [0.5, 0.6) is 5.88 Å². The highest BCUT2D eigenvalue weighted by Crippen LogP contribution is 2.50. The van der Waals surface area contributed by atoms with E-state index >= 15 is 0 Å². The van der Waals surface area contributed by atoms with Crippen LogP contribution in [0.4, 0.5) is 0 Å². The third-order valence-electron chi connectivity index (χ3n) is 2.91. The van der Waals surface area contributed by atoms with E-state index in [-0.39, 0.29) is 10.3 Å². The van der Waals surface area contributed by atoms with Gasteiger partial charge in [0.1, 0.15) is 4.90 Å². The Morgan fingerprint density at radius 3 is 3.07 bits per heavy atom. The second-order valence-electron chi connectivity index (χ2n) is 4.01. The van der Waals surface area contributed by atoms with Crippen LogP contribution < -0.4 is 4.74 Å². The van der Waals surface area contributed by atoms with Crippen LogP contribution in [0.3, 0.4) is 0 Å². The molecule has 1 atom stereocenters. The Labute approximate surface area is 83.3 Å². The molecule has 0 amide bonds. The van der Waals surface area contributed by atoms with Crippen molar-refractivity contribution in [1.82, 2.24) is 9.78 Å². The number of rotatable bonds is 1. The van der Waals surface area contributed by atoms with Gasteiger partial charge in [-0.25, -0.2) is 8.89 Å². The normalized spacial score (nSPS) is 24.1. The first-order valence-electron chi connectivity index (χ1n) is 4.50. The molecule has 3 rings (SSSR count). The molecule has 0 saturated heterocycles. The zero-order valence-corrected chi connectivity index (χ0v) is 8.29. The maximum Gasteiger partial charge on any atom is 0.230 e. The highest BCUT2D eigenvalue weighted by atomic mass is 32.2. The van der Waals surface area contributed by atoms with E-state index in [9.17, 15) is 4.21 Å². The molecule has 1 aromatic heterocycles. The number of nitrogens with zero attached hydrogens (tertiary/aromatic N) is 2. The second kappa shape index (κ2) is 2.58. The van der Waals surface area contributed by atoms with Gasteiger partial charge in [0.25, 0.3) is 0 Å². The Hall–Kier alpha value is -0.880. The maximum absolute atomic E-state index is 10.9. The summed E-state index contributed by atoms with van der Waals surface area (Å²) in [5, 5.41) is 4.05. The Kier molecular flexibility index (Phi) is 1.55. The summed E-state index contributed by atoms with van der Waals surface area (Å²) in [4.78, 5) is 0.278. The Morgan fingerprint density at radius 2 is 2.43 bits per heavy atom. The van der Waals surface area contributed by atoms with Crippen LogP contribution in [0.2, 0.25) is 0 Å². The van der Waals surface area contributed by atoms with Crippen molar-refractivity contribution in [1.29, 1.82) is 0 Å². The number of hydrogen-bond donors (Lipinski definition) is 1. The first kappa shape index (κ1) is 8.43. The van der Waals surface area contributed by atoms with Crippen LogP contribution in [0.1, 0.15) is 12.8 Å². The number of aromatic nitrogens is 2. The van der Waals surface area contributed by atoms with E-state index in [0.717, 1.165) is 6.54 Å². The molecule has 0 bridgehead atoms. The van der Waals surface area contributed by atoms with E-state index in [4.69, 9.17) is 9.29 Å². The quantitative estimate of drug-likeness (QED) is 0.697. The molecule has 1 aliphatic carbocycles. The van der Waals surface area contributed by atoms with Gasteiger partial charge in [-0.1, -0.05) is 0 Å². The lowest BCUT2D eigenvalue weighted by atomic mass is 10.1. The maximum atomic E-state index is 10.9. The number of hydrogen-bond acceptors (Lipinski definition) is 3. The van der Waals surface area contributed by atoms with Crippen LogP contribution in [-0.2, 0) is 17.6 Å². The van der Waals surface area contributed by atoms with E-state index in [0.29, 0.717) is 12.5 Å². The molecule has 1 fully saturated rings. The summed E-state index contributed by atoms with van der Waals surface area (Å²) in [5.74, 6) is 0.461. The molecular weight excluding hydrogens is 204 g/mol. The van der Waals surface area contributed by atoms with Gasteiger partial charge in [0, 0.05) is 5.41 Å². The molecule has 1 saturated carbocycles. The van der Waals surface area contributed by atoms with Gasteiger partial charge in [-0.3, -0.25) is 0 Å². The van der Waals surface area contributed by atoms with E-state index in [1.54, 1.807) is 4.68 Å². The predicted molar refractivity (Wildman–Crippen MR) is 48.4 cm³/mol. The molecule has 1 N–H and O–H groups in total. The first-order valence-corrected chi connectivity index (χ1v) is 5.60. The molecule has 5 nitrogen and oxygen atoms in total. The van der Waals surface area contributed by atoms with E-state index in [2.05, 4.69) is 5.10 Å². The average Bonchev–Trinajstić information content (AvgIpc) is 2.77. The summed E-state index contributed by atoms with van der Waals surface area (Å²) in [6, 6.07) is 0. The summed E-state index contributed by atoms with van der Waals surface area (Å²) in [6.45, 7) is 1.47. The largest absolute Gasteiger partial charge is 0.476 e. The Bertz CT molecular complexity index is 411. The molecule has 14 heavy (non-hydrogen) atoms. The predicted octanol–water partition coefficient (Wildman–Crippen LogP) is 0.636. The van der Waals surface area contributed by atoms with Crippen LogP contribution >= 0.6 is 0 Å². The second-order valence-corrected chi connectivity index (χ2v) is 4.95. The van der Waals surface area contributed by atoms with E-state index < -0.39 is 11.1 Å². The highest BCUT2D eigenvalue weighted by Gasteiger charge is 2.47. The van der Waals surface area contributed by atoms with Crippen molar-refractivity contribution in [2.75, 3.05) is 6.61 Å². The molecule has 2 aliphatic rings. The third kappa shape index (κ3) is 1.10. The van der Waals surface area contributed by atoms with Crippen molar-refractivity contribution >= 4 is 11.1 Å². The zero-order valence-electron chi connectivity index (χ0n) is 7.47. The fourth-order valence-electron chi connectivity index (χ4n) is 1.80. The van der Waals surface area contributed by atoms with Crippen LogP contribution in [0.25, 0.3) is 0 Å². The molecule has 0 aromatic carbocycles. The van der Waals surface area contributed by atoms with Crippen molar-refractivity contribution in [3.8, 4) is 5.88 Å². The molecular formula is C8H10N2O3S. The van der Waals surface area contributed by atoms with Gasteiger partial charge in [0.05, 0.1) is 19.3 Å². The fraction of sp³-hybridized carbons (Fsp3) is 0.625. The monoisotopic (exact) mass is 214 g/mol. The van der Waals surface area contributed by atoms with Gasteiger partial charge < -0.3 is 9.29 Å². The van der Waals surface area contributed by atoms with Crippen molar-refractivity contribution < 1.29 is 13.5 Å². The van der Waals surface area contributed by atoms with Crippen LogP contribution in [0, 0.1) is 5.41 Å². The van der Waals surface area contributed by atoms with E-state index in [1.165, 1.54) is 19.0 Å². The molecule has 1 aliphatic heterocycles. The van der Waals surface area contributed by atoms with Gasteiger partial charge >= 0.3 is 0 Å². The molecule has 1 spiro atoms. The number of fused-ring (bicyclic) bond motifs is 1. The zero-order chi connectivity index (χ0) is 9.76. The SMILES string of the molecule is O=S(O)c1cnn2c1OCC1(CC1)C2. The third-order valence-corrected chi connectivity index (χ3v) is 3.56. The highest BCUT2D eigenvalue weighted by molar-refractivity contribution is 7.79. The average molecular weight is 214 g/mol. The topological polar surface area (TPSA) is 64.3 Å². The summed E-state index contributed by atoms with van der Waals surface area (Å²) in [6.07, 6.45) is 3.75. The van der Waals surface area contributed by atoms with Gasteiger partial charge in [-0.05, 0) is 12.8 Å². The van der Waals surface area contributed by atoms with Gasteiger partial charge in [0.2, 0.25) is 5.88 Å². The smallest absolute Gasteiger partial charge is 0.230 e. The standard InChI is InChI=1S/C8H10N2O3S/c11-14(12)6-3-9-10-4-8(1-2-8)5-13-7(6)10/h3H,1-2,4-5H2,(H,11,12). The van der Waals surface area contributed by atoms with Crippen molar-refractivity contribution in [2.45, 2.75) is 24.3 Å². The minimum Gasteiger partial charge on any atom is -0.476 e. The van der Waals surface area contributed by atoms with Crippen LogP contribution in [0.15, 0.2) is 11.1 Å². The molecule has 2 heterocycles. The Morgan fingerprint density at radius 1 is 1.64 bits per heavy atom.